The van der Waals surface area contributed by atoms with Crippen molar-refractivity contribution in [1.29, 1.82) is 0 Å². The van der Waals surface area contributed by atoms with E-state index in [1.807, 2.05) is 11.0 Å². The quantitative estimate of drug-likeness (QED) is 0.925. The molecule has 1 aromatic carbocycles. The van der Waals surface area contributed by atoms with Gasteiger partial charge in [-0.25, -0.2) is 4.39 Å². The molecule has 0 aromatic heterocycles. The second-order valence-corrected chi connectivity index (χ2v) is 5.69. The van der Waals surface area contributed by atoms with Gasteiger partial charge in [0, 0.05) is 32.6 Å². The summed E-state index contributed by atoms with van der Waals surface area (Å²) >= 11 is 0. The maximum atomic E-state index is 13.6. The Balaban J connectivity index is 1.89. The summed E-state index contributed by atoms with van der Waals surface area (Å²) in [5, 5.41) is 3.47. The van der Waals surface area contributed by atoms with Crippen molar-refractivity contribution in [1.82, 2.24) is 10.2 Å². The van der Waals surface area contributed by atoms with Crippen molar-refractivity contribution >= 4 is 5.91 Å². The fraction of sp³-hybridized carbons (Fsp3) is 0.562. The molecule has 1 aromatic rings. The van der Waals surface area contributed by atoms with Gasteiger partial charge in [-0.2, -0.15) is 0 Å². The van der Waals surface area contributed by atoms with Gasteiger partial charge in [0.15, 0.2) is 11.6 Å². The molecule has 0 unspecified atom stereocenters. The molecule has 1 fully saturated rings. The van der Waals surface area contributed by atoms with Gasteiger partial charge in [0.05, 0.1) is 7.11 Å². The molecule has 4 nitrogen and oxygen atoms in total. The standard InChI is InChI=1S/C16H23FN2O2/c1-11-10-19(12(2)20)7-6-15(11)18-9-13-4-5-16(21-3)14(17)8-13/h4-5,8,11,15,18H,6-7,9-10H2,1-3H3/t11-,15+/m1/s1. The summed E-state index contributed by atoms with van der Waals surface area (Å²) < 4.78 is 18.5. The monoisotopic (exact) mass is 294 g/mol. The molecule has 1 N–H and O–H groups in total. The van der Waals surface area contributed by atoms with Gasteiger partial charge in [-0.15, -0.1) is 0 Å². The number of methoxy groups -OCH3 is 1. The van der Waals surface area contributed by atoms with E-state index in [4.69, 9.17) is 4.74 Å². The number of piperidine rings is 1. The summed E-state index contributed by atoms with van der Waals surface area (Å²) in [6.07, 6.45) is 0.930. The molecule has 2 rings (SSSR count). The molecule has 5 heteroatoms. The van der Waals surface area contributed by atoms with E-state index in [1.165, 1.54) is 13.2 Å². The van der Waals surface area contributed by atoms with Crippen molar-refractivity contribution in [3.63, 3.8) is 0 Å². The molecule has 0 radical (unpaired) electrons. The Bertz CT molecular complexity index is 507. The van der Waals surface area contributed by atoms with Crippen LogP contribution in [0.2, 0.25) is 0 Å². The lowest BCUT2D eigenvalue weighted by Gasteiger charge is -2.37. The third-order valence-electron chi connectivity index (χ3n) is 4.14. The molecular formula is C16H23FN2O2. The fourth-order valence-electron chi connectivity index (χ4n) is 2.80. The molecule has 1 saturated heterocycles. The molecule has 0 saturated carbocycles. The largest absolute Gasteiger partial charge is 0.494 e. The van der Waals surface area contributed by atoms with Crippen molar-refractivity contribution in [2.75, 3.05) is 20.2 Å². The second-order valence-electron chi connectivity index (χ2n) is 5.69. The lowest BCUT2D eigenvalue weighted by molar-refractivity contribution is -0.130. The number of benzene rings is 1. The predicted octanol–water partition coefficient (Wildman–Crippen LogP) is 2.18. The number of halogens is 1. The molecule has 1 amide bonds. The first-order chi connectivity index (χ1) is 10.0. The van der Waals surface area contributed by atoms with Crippen molar-refractivity contribution < 1.29 is 13.9 Å². The zero-order valence-corrected chi connectivity index (χ0v) is 12.9. The second kappa shape index (κ2) is 6.89. The highest BCUT2D eigenvalue weighted by Crippen LogP contribution is 2.20. The third kappa shape index (κ3) is 3.94. The molecule has 1 aliphatic heterocycles. The summed E-state index contributed by atoms with van der Waals surface area (Å²) in [5.41, 5.74) is 0.898. The molecule has 1 heterocycles. The van der Waals surface area contributed by atoms with Gasteiger partial charge >= 0.3 is 0 Å². The topological polar surface area (TPSA) is 41.6 Å². The maximum absolute atomic E-state index is 13.6. The number of carbonyl (C=O) groups is 1. The first-order valence-electron chi connectivity index (χ1n) is 7.32. The number of hydrogen-bond acceptors (Lipinski definition) is 3. The zero-order chi connectivity index (χ0) is 15.4. The minimum Gasteiger partial charge on any atom is -0.494 e. The highest BCUT2D eigenvalue weighted by molar-refractivity contribution is 5.73. The lowest BCUT2D eigenvalue weighted by Crippen LogP contribution is -2.49. The lowest BCUT2D eigenvalue weighted by atomic mass is 9.93. The number of ether oxygens (including phenoxy) is 1. The normalized spacial score (nSPS) is 22.2. The van der Waals surface area contributed by atoms with Crippen LogP contribution < -0.4 is 10.1 Å². The van der Waals surface area contributed by atoms with Gasteiger partial charge in [0.2, 0.25) is 5.91 Å². The number of nitrogens with zero attached hydrogens (tertiary/aromatic N) is 1. The van der Waals surface area contributed by atoms with Crippen molar-refractivity contribution in [3.05, 3.63) is 29.6 Å². The Morgan fingerprint density at radius 1 is 1.52 bits per heavy atom. The van der Waals surface area contributed by atoms with Gasteiger partial charge in [-0.3, -0.25) is 4.79 Å². The molecule has 116 valence electrons. The van der Waals surface area contributed by atoms with Crippen LogP contribution in [0.3, 0.4) is 0 Å². The van der Waals surface area contributed by atoms with E-state index in [0.29, 0.717) is 18.5 Å². The summed E-state index contributed by atoms with van der Waals surface area (Å²) in [4.78, 5) is 13.3. The molecular weight excluding hydrogens is 271 g/mol. The first kappa shape index (κ1) is 15.8. The molecule has 21 heavy (non-hydrogen) atoms. The zero-order valence-electron chi connectivity index (χ0n) is 12.9. The molecule has 2 atom stereocenters. The predicted molar refractivity (Wildman–Crippen MR) is 79.6 cm³/mol. The van der Waals surface area contributed by atoms with E-state index in [0.717, 1.165) is 25.1 Å². The summed E-state index contributed by atoms with van der Waals surface area (Å²) in [6.45, 7) is 5.94. The number of likely N-dealkylation sites (tertiary alicyclic amines) is 1. The number of rotatable bonds is 4. The molecule has 0 bridgehead atoms. The third-order valence-corrected chi connectivity index (χ3v) is 4.14. The smallest absolute Gasteiger partial charge is 0.219 e. The van der Waals surface area contributed by atoms with E-state index < -0.39 is 0 Å². The van der Waals surface area contributed by atoms with E-state index in [9.17, 15) is 9.18 Å². The average Bonchev–Trinajstić information content (AvgIpc) is 2.46. The summed E-state index contributed by atoms with van der Waals surface area (Å²) in [5.74, 6) is 0.460. The molecule has 1 aliphatic rings. The van der Waals surface area contributed by atoms with Gasteiger partial charge in [0.1, 0.15) is 0 Å². The van der Waals surface area contributed by atoms with Crippen LogP contribution in [0.5, 0.6) is 5.75 Å². The number of amides is 1. The Hall–Kier alpha value is -1.62. The Morgan fingerprint density at radius 3 is 2.86 bits per heavy atom. The van der Waals surface area contributed by atoms with Gasteiger partial charge < -0.3 is 15.0 Å². The Morgan fingerprint density at radius 2 is 2.29 bits per heavy atom. The molecule has 0 spiro atoms. The van der Waals surface area contributed by atoms with Crippen LogP contribution in [-0.4, -0.2) is 37.0 Å². The van der Waals surface area contributed by atoms with Crippen molar-refractivity contribution in [2.24, 2.45) is 5.92 Å². The van der Waals surface area contributed by atoms with E-state index in [-0.39, 0.29) is 17.5 Å². The van der Waals surface area contributed by atoms with Gasteiger partial charge in [0.25, 0.3) is 0 Å². The minimum absolute atomic E-state index is 0.137. The average molecular weight is 294 g/mol. The molecule has 0 aliphatic carbocycles. The Labute approximate surface area is 125 Å². The van der Waals surface area contributed by atoms with Crippen LogP contribution in [0, 0.1) is 11.7 Å². The fourth-order valence-corrected chi connectivity index (χ4v) is 2.80. The van der Waals surface area contributed by atoms with Crippen LogP contribution >= 0.6 is 0 Å². The number of hydrogen-bond donors (Lipinski definition) is 1. The van der Waals surface area contributed by atoms with E-state index in [2.05, 4.69) is 12.2 Å². The van der Waals surface area contributed by atoms with Crippen LogP contribution in [0.25, 0.3) is 0 Å². The highest BCUT2D eigenvalue weighted by atomic mass is 19.1. The van der Waals surface area contributed by atoms with E-state index >= 15 is 0 Å². The summed E-state index contributed by atoms with van der Waals surface area (Å²) in [6, 6.07) is 5.37. The summed E-state index contributed by atoms with van der Waals surface area (Å²) in [7, 11) is 1.46. The van der Waals surface area contributed by atoms with Crippen LogP contribution in [0.4, 0.5) is 4.39 Å². The van der Waals surface area contributed by atoms with Crippen molar-refractivity contribution in [3.8, 4) is 5.75 Å². The van der Waals surface area contributed by atoms with Crippen LogP contribution in [-0.2, 0) is 11.3 Å². The van der Waals surface area contributed by atoms with Crippen LogP contribution in [0.1, 0.15) is 25.8 Å². The first-order valence-corrected chi connectivity index (χ1v) is 7.32. The maximum Gasteiger partial charge on any atom is 0.219 e. The van der Waals surface area contributed by atoms with Crippen molar-refractivity contribution in [2.45, 2.75) is 32.9 Å². The minimum atomic E-state index is -0.337. The number of nitrogens with one attached hydrogen (secondary N) is 1. The highest BCUT2D eigenvalue weighted by Gasteiger charge is 2.26. The van der Waals surface area contributed by atoms with Crippen LogP contribution in [0.15, 0.2) is 18.2 Å². The van der Waals surface area contributed by atoms with E-state index in [1.54, 1.807) is 13.0 Å². The Kier molecular flexibility index (Phi) is 5.17. The number of carbonyl (C=O) groups excluding carboxylic acids is 1. The van der Waals surface area contributed by atoms with Gasteiger partial charge in [-0.1, -0.05) is 13.0 Å². The SMILES string of the molecule is COc1ccc(CN[C@H]2CCN(C(C)=O)C[C@H]2C)cc1F. The van der Waals surface area contributed by atoms with Gasteiger partial charge in [-0.05, 0) is 30.0 Å².